The lowest BCUT2D eigenvalue weighted by molar-refractivity contribution is -0.137. The molecule has 198 valence electrons. The van der Waals surface area contributed by atoms with Crippen LogP contribution < -0.4 is 5.32 Å². The largest absolute Gasteiger partial charge is 0.416 e. The number of hydrogen-bond acceptors (Lipinski definition) is 4. The topological polar surface area (TPSA) is 72.9 Å². The molecule has 0 radical (unpaired) electrons. The molecule has 0 aromatic heterocycles. The first-order chi connectivity index (χ1) is 17.7. The quantitative estimate of drug-likeness (QED) is 0.633. The highest BCUT2D eigenvalue weighted by atomic mass is 19.4. The molecule has 6 nitrogen and oxygen atoms in total. The molecule has 2 atom stereocenters. The Kier molecular flexibility index (Phi) is 7.02. The molecule has 2 unspecified atom stereocenters. The zero-order valence-electron chi connectivity index (χ0n) is 20.6. The van der Waals surface area contributed by atoms with Crippen LogP contribution in [0.3, 0.4) is 0 Å². The molecule has 0 bridgehead atoms. The van der Waals surface area contributed by atoms with Gasteiger partial charge in [0.05, 0.1) is 17.7 Å². The Hall–Kier alpha value is -2.91. The van der Waals surface area contributed by atoms with Crippen LogP contribution >= 0.6 is 0 Å². The number of nitrogens with one attached hydrogen (secondary N) is 1. The predicted molar refractivity (Wildman–Crippen MR) is 132 cm³/mol. The molecule has 2 heterocycles. The number of likely N-dealkylation sites (tertiary alicyclic amines) is 2. The van der Waals surface area contributed by atoms with Crippen LogP contribution in [-0.2, 0) is 16.6 Å². The van der Waals surface area contributed by atoms with Gasteiger partial charge in [-0.25, -0.2) is 0 Å². The summed E-state index contributed by atoms with van der Waals surface area (Å²) in [5.41, 5.74) is -0.837. The van der Waals surface area contributed by atoms with Gasteiger partial charge in [0.25, 0.3) is 5.91 Å². The third kappa shape index (κ3) is 5.25. The minimum absolute atomic E-state index is 0.0768. The van der Waals surface area contributed by atoms with E-state index in [0.29, 0.717) is 25.4 Å². The van der Waals surface area contributed by atoms with Crippen molar-refractivity contribution in [2.75, 3.05) is 19.6 Å². The number of rotatable bonds is 5. The summed E-state index contributed by atoms with van der Waals surface area (Å²) in [6.07, 6.45) is 0.392. The van der Waals surface area contributed by atoms with Crippen molar-refractivity contribution >= 4 is 11.8 Å². The minimum atomic E-state index is -4.54. The van der Waals surface area contributed by atoms with Crippen molar-refractivity contribution in [1.82, 2.24) is 15.1 Å². The lowest BCUT2D eigenvalue weighted by Crippen LogP contribution is -2.47. The molecule has 2 aromatic rings. The van der Waals surface area contributed by atoms with E-state index in [9.17, 15) is 27.9 Å². The molecule has 3 fully saturated rings. The summed E-state index contributed by atoms with van der Waals surface area (Å²) in [6, 6.07) is 14.7. The van der Waals surface area contributed by atoms with E-state index < -0.39 is 23.2 Å². The number of carbonyl (C=O) groups excluding carboxylic acids is 2. The molecule has 9 heteroatoms. The number of nitrogens with zero attached hydrogens (tertiary/aromatic N) is 2. The molecular weight excluding hydrogens is 483 g/mol. The maximum Gasteiger partial charge on any atom is 0.416 e. The summed E-state index contributed by atoms with van der Waals surface area (Å²) < 4.78 is 38.8. The van der Waals surface area contributed by atoms with E-state index >= 15 is 0 Å². The van der Waals surface area contributed by atoms with Gasteiger partial charge < -0.3 is 15.3 Å². The third-order valence-electron chi connectivity index (χ3n) is 8.35. The molecule has 5 rings (SSSR count). The van der Waals surface area contributed by atoms with E-state index in [1.54, 1.807) is 0 Å². The first-order valence-electron chi connectivity index (χ1n) is 12.9. The van der Waals surface area contributed by atoms with Crippen molar-refractivity contribution in [2.24, 2.45) is 0 Å². The number of amides is 2. The van der Waals surface area contributed by atoms with Crippen LogP contribution in [0.1, 0.15) is 60.0 Å². The second kappa shape index (κ2) is 10.1. The van der Waals surface area contributed by atoms with E-state index in [0.717, 1.165) is 49.9 Å². The second-order valence-corrected chi connectivity index (χ2v) is 10.4. The molecule has 0 spiro atoms. The van der Waals surface area contributed by atoms with Gasteiger partial charge in [-0.2, -0.15) is 13.2 Å². The van der Waals surface area contributed by atoms with Crippen LogP contribution in [0.5, 0.6) is 0 Å². The predicted octanol–water partition coefficient (Wildman–Crippen LogP) is 3.94. The summed E-state index contributed by atoms with van der Waals surface area (Å²) in [6.45, 7) is 1.25. The average molecular weight is 516 g/mol. The van der Waals surface area contributed by atoms with Crippen molar-refractivity contribution < 1.29 is 27.9 Å². The Morgan fingerprint density at radius 1 is 0.946 bits per heavy atom. The Bertz CT molecular complexity index is 1130. The SMILES string of the molecule is O=C(NCC(=O)N1CCC2C1CCN2C1CCC(O)(c2ccccc2)CC1)c1cccc(C(F)(F)F)c1. The molecule has 2 saturated heterocycles. The van der Waals surface area contributed by atoms with Gasteiger partial charge in [-0.3, -0.25) is 14.5 Å². The molecule has 2 aliphatic heterocycles. The smallest absolute Gasteiger partial charge is 0.385 e. The Labute approximate surface area is 214 Å². The second-order valence-electron chi connectivity index (χ2n) is 10.4. The van der Waals surface area contributed by atoms with Gasteiger partial charge in [-0.1, -0.05) is 36.4 Å². The van der Waals surface area contributed by atoms with Gasteiger partial charge in [-0.05, 0) is 62.3 Å². The standard InChI is InChI=1S/C28H32F3N3O3/c29-28(30,31)21-8-4-5-19(17-21)26(36)32-18-25(35)34-16-12-23-24(34)11-15-33(23)22-9-13-27(37,14-10-22)20-6-2-1-3-7-20/h1-8,17,22-24,37H,9-16,18H2,(H,32,36). The Morgan fingerprint density at radius 2 is 1.65 bits per heavy atom. The summed E-state index contributed by atoms with van der Waals surface area (Å²) in [5, 5.41) is 13.7. The van der Waals surface area contributed by atoms with Crippen molar-refractivity contribution in [3.05, 3.63) is 71.3 Å². The number of aliphatic hydroxyl groups is 1. The van der Waals surface area contributed by atoms with Crippen LogP contribution in [0.4, 0.5) is 13.2 Å². The van der Waals surface area contributed by atoms with Crippen LogP contribution in [-0.4, -0.2) is 64.5 Å². The minimum Gasteiger partial charge on any atom is -0.385 e. The van der Waals surface area contributed by atoms with Crippen LogP contribution in [0.2, 0.25) is 0 Å². The molecule has 3 aliphatic rings. The van der Waals surface area contributed by atoms with Crippen LogP contribution in [0, 0.1) is 0 Å². The van der Waals surface area contributed by atoms with Crippen molar-refractivity contribution in [3.8, 4) is 0 Å². The number of benzene rings is 2. The summed E-state index contributed by atoms with van der Waals surface area (Å²) in [4.78, 5) is 29.7. The number of hydrogen-bond donors (Lipinski definition) is 2. The molecule has 2 aromatic carbocycles. The third-order valence-corrected chi connectivity index (χ3v) is 8.35. The lowest BCUT2D eigenvalue weighted by Gasteiger charge is -2.41. The highest BCUT2D eigenvalue weighted by molar-refractivity contribution is 5.96. The summed E-state index contributed by atoms with van der Waals surface area (Å²) >= 11 is 0. The Morgan fingerprint density at radius 3 is 2.35 bits per heavy atom. The normalized spacial score (nSPS) is 28.2. The van der Waals surface area contributed by atoms with E-state index in [4.69, 9.17) is 0 Å². The van der Waals surface area contributed by atoms with Gasteiger partial charge in [0, 0.05) is 36.8 Å². The van der Waals surface area contributed by atoms with E-state index in [1.165, 1.54) is 12.1 Å². The molecule has 37 heavy (non-hydrogen) atoms. The number of fused-ring (bicyclic) bond motifs is 1. The van der Waals surface area contributed by atoms with Crippen molar-refractivity contribution in [1.29, 1.82) is 0 Å². The first kappa shape index (κ1) is 25.7. The monoisotopic (exact) mass is 515 g/mol. The Balaban J connectivity index is 1.14. The molecule has 1 saturated carbocycles. The maximum atomic E-state index is 13.0. The fraction of sp³-hybridized carbons (Fsp3) is 0.500. The lowest BCUT2D eigenvalue weighted by atomic mass is 9.77. The van der Waals surface area contributed by atoms with Gasteiger partial charge in [-0.15, -0.1) is 0 Å². The zero-order valence-corrected chi connectivity index (χ0v) is 20.6. The first-order valence-corrected chi connectivity index (χ1v) is 12.9. The summed E-state index contributed by atoms with van der Waals surface area (Å²) in [5.74, 6) is -0.909. The zero-order chi connectivity index (χ0) is 26.2. The van der Waals surface area contributed by atoms with E-state index in [-0.39, 0.29) is 30.1 Å². The number of alkyl halides is 3. The van der Waals surface area contributed by atoms with Gasteiger partial charge in [0.15, 0.2) is 0 Å². The number of carbonyl (C=O) groups is 2. The van der Waals surface area contributed by atoms with Gasteiger partial charge >= 0.3 is 6.18 Å². The highest BCUT2D eigenvalue weighted by Gasteiger charge is 2.48. The van der Waals surface area contributed by atoms with Crippen LogP contribution in [0.25, 0.3) is 0 Å². The van der Waals surface area contributed by atoms with Crippen molar-refractivity contribution in [3.63, 3.8) is 0 Å². The number of halogens is 3. The van der Waals surface area contributed by atoms with Gasteiger partial charge in [0.2, 0.25) is 5.91 Å². The highest BCUT2D eigenvalue weighted by Crippen LogP contribution is 2.42. The fourth-order valence-electron chi connectivity index (χ4n) is 6.43. The molecule has 1 aliphatic carbocycles. The van der Waals surface area contributed by atoms with Crippen molar-refractivity contribution in [2.45, 2.75) is 68.4 Å². The van der Waals surface area contributed by atoms with E-state index in [2.05, 4.69) is 10.2 Å². The van der Waals surface area contributed by atoms with E-state index in [1.807, 2.05) is 35.2 Å². The average Bonchev–Trinajstić information content (AvgIpc) is 3.50. The van der Waals surface area contributed by atoms with Crippen LogP contribution in [0.15, 0.2) is 54.6 Å². The fourth-order valence-corrected chi connectivity index (χ4v) is 6.43. The summed E-state index contributed by atoms with van der Waals surface area (Å²) in [7, 11) is 0. The molecular formula is C28H32F3N3O3. The molecule has 2 N–H and O–H groups in total. The molecule has 2 amide bonds. The van der Waals surface area contributed by atoms with Gasteiger partial charge in [0.1, 0.15) is 0 Å². The maximum absolute atomic E-state index is 13.0.